The van der Waals surface area contributed by atoms with Crippen LogP contribution in [0.1, 0.15) is 56.0 Å². The number of phenols is 1. The number of ether oxygens (including phenoxy) is 1. The normalized spacial score (nSPS) is 15.1. The molecule has 0 bridgehead atoms. The van der Waals surface area contributed by atoms with Crippen molar-refractivity contribution in [2.45, 2.75) is 68.6 Å². The van der Waals surface area contributed by atoms with Gasteiger partial charge in [0, 0.05) is 27.1 Å². The Bertz CT molecular complexity index is 1890. The van der Waals surface area contributed by atoms with E-state index in [-0.39, 0.29) is 26.3 Å². The lowest BCUT2D eigenvalue weighted by Gasteiger charge is -2.36. The van der Waals surface area contributed by atoms with E-state index in [1.807, 2.05) is 0 Å². The number of benzene rings is 3. The first kappa shape index (κ1) is 35.9. The van der Waals surface area contributed by atoms with Gasteiger partial charge in [-0.1, -0.05) is 27.2 Å². The summed E-state index contributed by atoms with van der Waals surface area (Å²) in [6.07, 6.45) is 3.61. The molecule has 5 rings (SSSR count). The lowest BCUT2D eigenvalue weighted by atomic mass is 9.97. The van der Waals surface area contributed by atoms with Crippen LogP contribution in [0.4, 0.5) is 13.2 Å². The molecule has 1 aromatic heterocycles. The molecule has 0 saturated carbocycles. The molecule has 2 heterocycles. The number of likely N-dealkylation sites (tertiary alicyclic amines) is 1. The molecule has 1 saturated heterocycles. The maximum absolute atomic E-state index is 14.1. The van der Waals surface area contributed by atoms with Gasteiger partial charge in [-0.25, -0.2) is 8.42 Å². The summed E-state index contributed by atoms with van der Waals surface area (Å²) in [5, 5.41) is 10.9. The van der Waals surface area contributed by atoms with Crippen LogP contribution in [0.2, 0.25) is 18.1 Å². The van der Waals surface area contributed by atoms with Crippen LogP contribution in [0.5, 0.6) is 17.2 Å². The van der Waals surface area contributed by atoms with Crippen LogP contribution >= 0.6 is 11.3 Å². The summed E-state index contributed by atoms with van der Waals surface area (Å²) >= 11 is 0.932. The fraction of sp³-hybridized carbons (Fsp3) is 0.400. The van der Waals surface area contributed by atoms with E-state index in [1.54, 1.807) is 48.5 Å². The first-order valence-electron chi connectivity index (χ1n) is 15.8. The number of rotatable bonds is 10. The smallest absolute Gasteiger partial charge is 0.501 e. The van der Waals surface area contributed by atoms with Gasteiger partial charge in [-0.3, -0.25) is 9.69 Å². The predicted octanol–water partition coefficient (Wildman–Crippen LogP) is 9.05. The Balaban J connectivity index is 1.52. The fourth-order valence-electron chi connectivity index (χ4n) is 5.34. The Morgan fingerprint density at radius 1 is 0.938 bits per heavy atom. The van der Waals surface area contributed by atoms with Crippen molar-refractivity contribution in [2.75, 3.05) is 26.2 Å². The number of halogens is 3. The number of hydrogen-bond donors (Lipinski definition) is 1. The molecular weight excluding hydrogens is 680 g/mol. The number of hydrogen-bond acceptors (Lipinski definition) is 8. The number of phenolic OH excluding ortho intramolecular Hbond substituents is 1. The van der Waals surface area contributed by atoms with Gasteiger partial charge < -0.3 is 14.3 Å². The van der Waals surface area contributed by atoms with Crippen LogP contribution in [0.15, 0.2) is 65.6 Å². The van der Waals surface area contributed by atoms with Gasteiger partial charge in [0.1, 0.15) is 23.9 Å². The Hall–Kier alpha value is -3.39. The highest BCUT2D eigenvalue weighted by Gasteiger charge is 2.47. The van der Waals surface area contributed by atoms with Crippen molar-refractivity contribution in [3.05, 3.63) is 71.8 Å². The van der Waals surface area contributed by atoms with Crippen LogP contribution in [-0.2, 0) is 9.84 Å². The average Bonchev–Trinajstić information content (AvgIpc) is 3.41. The Morgan fingerprint density at radius 2 is 1.54 bits per heavy atom. The SMILES string of the molecule is CC(C)(C)[Si](C)(C)Oc1ccc(-c2sc3cc(S(=O)(=O)C(F)(F)F)cc(O)c3c2C(=O)c2ccc(OCCN3CCCCC3)cc2)cc1. The number of aromatic hydroxyl groups is 1. The highest BCUT2D eigenvalue weighted by atomic mass is 32.2. The molecule has 1 aliphatic heterocycles. The second kappa shape index (κ2) is 13.5. The van der Waals surface area contributed by atoms with Gasteiger partial charge in [0.05, 0.1) is 10.5 Å². The molecule has 0 amide bonds. The Labute approximate surface area is 284 Å². The van der Waals surface area contributed by atoms with Gasteiger partial charge in [0.2, 0.25) is 8.32 Å². The maximum Gasteiger partial charge on any atom is 0.501 e. The zero-order valence-electron chi connectivity index (χ0n) is 27.6. The van der Waals surface area contributed by atoms with E-state index >= 15 is 0 Å². The first-order chi connectivity index (χ1) is 22.4. The topological polar surface area (TPSA) is 93.1 Å². The highest BCUT2D eigenvalue weighted by molar-refractivity contribution is 7.92. The van der Waals surface area contributed by atoms with Gasteiger partial charge in [0.25, 0.3) is 9.84 Å². The number of fused-ring (bicyclic) bond motifs is 1. The van der Waals surface area contributed by atoms with Gasteiger partial charge in [-0.05, 0) is 110 Å². The summed E-state index contributed by atoms with van der Waals surface area (Å²) in [6.45, 7) is 14.0. The fourth-order valence-corrected chi connectivity index (χ4v) is 8.51. The second-order valence-corrected chi connectivity index (χ2v) is 21.3. The van der Waals surface area contributed by atoms with E-state index in [0.717, 1.165) is 37.0 Å². The minimum atomic E-state index is -5.75. The van der Waals surface area contributed by atoms with Crippen molar-refractivity contribution in [1.82, 2.24) is 4.90 Å². The van der Waals surface area contributed by atoms with Crippen molar-refractivity contribution in [1.29, 1.82) is 0 Å². The van der Waals surface area contributed by atoms with Crippen molar-refractivity contribution in [2.24, 2.45) is 0 Å². The number of carbonyl (C=O) groups is 1. The van der Waals surface area contributed by atoms with Crippen LogP contribution in [0.3, 0.4) is 0 Å². The number of piperidine rings is 1. The molecular formula is C35H40F3NO6S2Si. The van der Waals surface area contributed by atoms with Crippen molar-refractivity contribution in [3.8, 4) is 27.7 Å². The van der Waals surface area contributed by atoms with Gasteiger partial charge >= 0.3 is 5.51 Å². The van der Waals surface area contributed by atoms with Crippen molar-refractivity contribution >= 4 is 45.4 Å². The molecule has 0 atom stereocenters. The molecule has 1 fully saturated rings. The molecule has 0 aliphatic carbocycles. The molecule has 3 aromatic carbocycles. The number of alkyl halides is 3. The highest BCUT2D eigenvalue weighted by Crippen LogP contribution is 2.46. The van der Waals surface area contributed by atoms with E-state index < -0.39 is 40.1 Å². The molecule has 7 nitrogen and oxygen atoms in total. The molecule has 48 heavy (non-hydrogen) atoms. The number of carbonyl (C=O) groups excluding carboxylic acids is 1. The summed E-state index contributed by atoms with van der Waals surface area (Å²) in [4.78, 5) is 15.8. The van der Waals surface area contributed by atoms with Gasteiger partial charge in [-0.2, -0.15) is 13.2 Å². The lowest BCUT2D eigenvalue weighted by molar-refractivity contribution is -0.0436. The molecule has 0 unspecified atom stereocenters. The minimum Gasteiger partial charge on any atom is -0.544 e. The van der Waals surface area contributed by atoms with Gasteiger partial charge in [0.15, 0.2) is 5.78 Å². The van der Waals surface area contributed by atoms with Crippen LogP contribution in [-0.4, -0.2) is 64.3 Å². The number of thiophene rings is 1. The summed E-state index contributed by atoms with van der Waals surface area (Å²) in [5.41, 5.74) is -4.69. The second-order valence-electron chi connectivity index (χ2n) is 13.6. The maximum atomic E-state index is 14.1. The van der Waals surface area contributed by atoms with E-state index in [0.29, 0.717) is 34.6 Å². The summed E-state index contributed by atoms with van der Waals surface area (Å²) < 4.78 is 77.2. The van der Waals surface area contributed by atoms with Crippen LogP contribution in [0.25, 0.3) is 20.5 Å². The van der Waals surface area contributed by atoms with Gasteiger partial charge in [-0.15, -0.1) is 11.3 Å². The Kier molecular flexibility index (Phi) is 10.1. The molecule has 1 N–H and O–H groups in total. The Morgan fingerprint density at radius 3 is 2.12 bits per heavy atom. The molecule has 4 aromatic rings. The third kappa shape index (κ3) is 7.43. The molecule has 1 aliphatic rings. The molecule has 0 radical (unpaired) electrons. The van der Waals surface area contributed by atoms with Crippen LogP contribution in [0, 0.1) is 0 Å². The summed E-state index contributed by atoms with van der Waals surface area (Å²) in [7, 11) is -7.91. The quantitative estimate of drug-likeness (QED) is 0.129. The monoisotopic (exact) mass is 719 g/mol. The average molecular weight is 720 g/mol. The zero-order valence-corrected chi connectivity index (χ0v) is 30.2. The number of sulfone groups is 1. The molecule has 258 valence electrons. The van der Waals surface area contributed by atoms with Crippen molar-refractivity contribution < 1.29 is 40.7 Å². The van der Waals surface area contributed by atoms with Crippen molar-refractivity contribution in [3.63, 3.8) is 0 Å². The molecule has 0 spiro atoms. The third-order valence-electron chi connectivity index (χ3n) is 9.12. The van der Waals surface area contributed by atoms with E-state index in [2.05, 4.69) is 38.8 Å². The van der Waals surface area contributed by atoms with E-state index in [9.17, 15) is 31.5 Å². The molecule has 13 heteroatoms. The predicted molar refractivity (Wildman–Crippen MR) is 186 cm³/mol. The largest absolute Gasteiger partial charge is 0.544 e. The lowest BCUT2D eigenvalue weighted by Crippen LogP contribution is -2.43. The van der Waals surface area contributed by atoms with Crippen LogP contribution < -0.4 is 9.16 Å². The van der Waals surface area contributed by atoms with E-state index in [1.165, 1.54) is 19.3 Å². The number of ketones is 1. The first-order valence-corrected chi connectivity index (χ1v) is 21.0. The summed E-state index contributed by atoms with van der Waals surface area (Å²) in [5.74, 6) is -0.00565. The van der Waals surface area contributed by atoms with E-state index in [4.69, 9.17) is 9.16 Å². The third-order valence-corrected chi connectivity index (χ3v) is 16.1. The summed E-state index contributed by atoms with van der Waals surface area (Å²) in [6, 6.07) is 15.0. The number of nitrogens with zero attached hydrogens (tertiary/aromatic N) is 1. The minimum absolute atomic E-state index is 0.0235. The zero-order chi connectivity index (χ0) is 35.1. The standard InChI is InChI=1S/C35H40F3NO6S2Si/c1-34(2,3)48(4,5)45-26-15-11-24(12-16-26)33-31(30-28(40)21-27(22-29(30)46-33)47(42,43)35(36,37)38)32(41)23-9-13-25(14-10-23)44-20-19-39-17-7-6-8-18-39/h9-16,21-22,40H,6-8,17-20H2,1-5H3.